The number of para-hydroxylation sites is 1. The average Bonchev–Trinajstić information content (AvgIpc) is 2.72. The summed E-state index contributed by atoms with van der Waals surface area (Å²) in [7, 11) is 5.10. The van der Waals surface area contributed by atoms with Gasteiger partial charge < -0.3 is 15.0 Å². The molecule has 1 N–H and O–H groups in total. The maximum Gasteiger partial charge on any atom is 0.253 e. The van der Waals surface area contributed by atoms with E-state index in [1.807, 2.05) is 62.4 Å². The lowest BCUT2D eigenvalue weighted by Gasteiger charge is -2.22. The molecule has 0 heterocycles. The van der Waals surface area contributed by atoms with Crippen molar-refractivity contribution in [2.45, 2.75) is 26.4 Å². The molecule has 0 saturated carbocycles. The molecule has 0 aromatic heterocycles. The molecule has 2 rings (SSSR count). The van der Waals surface area contributed by atoms with Crippen LogP contribution in [0.4, 0.5) is 0 Å². The van der Waals surface area contributed by atoms with E-state index in [2.05, 4.69) is 10.2 Å². The number of rotatable bonds is 9. The molecular weight excluding hydrogens is 366 g/mol. The molecule has 6 heteroatoms. The molecule has 29 heavy (non-hydrogen) atoms. The van der Waals surface area contributed by atoms with Gasteiger partial charge >= 0.3 is 0 Å². The number of amides is 2. The molecule has 156 valence electrons. The van der Waals surface area contributed by atoms with Crippen LogP contribution in [0.3, 0.4) is 0 Å². The van der Waals surface area contributed by atoms with Crippen molar-refractivity contribution in [3.05, 3.63) is 65.2 Å². The second-order valence-electron chi connectivity index (χ2n) is 7.23. The molecule has 0 radical (unpaired) electrons. The highest BCUT2D eigenvalue weighted by Gasteiger charge is 2.16. The molecule has 2 aromatic rings. The van der Waals surface area contributed by atoms with Crippen LogP contribution in [0.2, 0.25) is 0 Å². The molecule has 0 bridgehead atoms. The zero-order valence-electron chi connectivity index (χ0n) is 17.9. The largest absolute Gasteiger partial charge is 0.496 e. The van der Waals surface area contributed by atoms with Crippen molar-refractivity contribution >= 4 is 11.8 Å². The van der Waals surface area contributed by atoms with Crippen molar-refractivity contribution in [2.24, 2.45) is 0 Å². The van der Waals surface area contributed by atoms with Crippen LogP contribution in [0.25, 0.3) is 0 Å². The molecule has 1 atom stereocenters. The van der Waals surface area contributed by atoms with E-state index in [1.54, 1.807) is 26.1 Å². The fourth-order valence-corrected chi connectivity index (χ4v) is 3.14. The summed E-state index contributed by atoms with van der Waals surface area (Å²) < 4.78 is 5.38. The maximum atomic E-state index is 12.6. The fourth-order valence-electron chi connectivity index (χ4n) is 3.14. The maximum absolute atomic E-state index is 12.6. The Labute approximate surface area is 173 Å². The SMILES string of the molecule is CCN(CC(=O)NC(C)c1ccccc1OC)Cc1ccc(C(=O)N(C)C)cc1. The van der Waals surface area contributed by atoms with Gasteiger partial charge in [-0.15, -0.1) is 0 Å². The van der Waals surface area contributed by atoms with Crippen molar-refractivity contribution in [1.82, 2.24) is 15.1 Å². The number of carbonyl (C=O) groups excluding carboxylic acids is 2. The lowest BCUT2D eigenvalue weighted by atomic mass is 10.1. The zero-order chi connectivity index (χ0) is 21.4. The van der Waals surface area contributed by atoms with E-state index in [0.29, 0.717) is 18.7 Å². The van der Waals surface area contributed by atoms with E-state index in [0.717, 1.165) is 23.4 Å². The molecule has 0 aliphatic heterocycles. The summed E-state index contributed by atoms with van der Waals surface area (Å²) in [5.41, 5.74) is 2.67. The third-order valence-corrected chi connectivity index (χ3v) is 4.81. The van der Waals surface area contributed by atoms with E-state index in [1.165, 1.54) is 0 Å². The molecular formula is C23H31N3O3. The van der Waals surface area contributed by atoms with Crippen molar-refractivity contribution in [3.63, 3.8) is 0 Å². The monoisotopic (exact) mass is 397 g/mol. The summed E-state index contributed by atoms with van der Waals surface area (Å²) in [5.74, 6) is 0.707. The number of nitrogens with zero attached hydrogens (tertiary/aromatic N) is 2. The molecule has 6 nitrogen and oxygen atoms in total. The number of likely N-dealkylation sites (N-methyl/N-ethyl adjacent to an activating group) is 1. The number of hydrogen-bond donors (Lipinski definition) is 1. The van der Waals surface area contributed by atoms with E-state index < -0.39 is 0 Å². The number of carbonyl (C=O) groups is 2. The van der Waals surface area contributed by atoms with Crippen molar-refractivity contribution < 1.29 is 14.3 Å². The van der Waals surface area contributed by atoms with Crippen LogP contribution < -0.4 is 10.1 Å². The Morgan fingerprint density at radius 2 is 1.72 bits per heavy atom. The van der Waals surface area contributed by atoms with Crippen molar-refractivity contribution in [2.75, 3.05) is 34.3 Å². The van der Waals surface area contributed by atoms with Crippen LogP contribution in [0, 0.1) is 0 Å². The van der Waals surface area contributed by atoms with Crippen LogP contribution in [-0.2, 0) is 11.3 Å². The highest BCUT2D eigenvalue weighted by Crippen LogP contribution is 2.24. The number of ether oxygens (including phenoxy) is 1. The summed E-state index contributed by atoms with van der Waals surface area (Å²) in [6.45, 7) is 5.67. The minimum atomic E-state index is -0.145. The van der Waals surface area contributed by atoms with Gasteiger partial charge in [0.25, 0.3) is 5.91 Å². The van der Waals surface area contributed by atoms with Gasteiger partial charge in [-0.05, 0) is 37.2 Å². The number of benzene rings is 2. The first-order valence-corrected chi connectivity index (χ1v) is 9.80. The number of nitrogens with one attached hydrogen (secondary N) is 1. The second-order valence-corrected chi connectivity index (χ2v) is 7.23. The topological polar surface area (TPSA) is 61.9 Å². The third kappa shape index (κ3) is 6.32. The van der Waals surface area contributed by atoms with Crippen LogP contribution in [0.1, 0.15) is 41.4 Å². The van der Waals surface area contributed by atoms with E-state index in [9.17, 15) is 9.59 Å². The van der Waals surface area contributed by atoms with Crippen LogP contribution in [0.5, 0.6) is 5.75 Å². The third-order valence-electron chi connectivity index (χ3n) is 4.81. The summed E-state index contributed by atoms with van der Waals surface area (Å²) in [4.78, 5) is 28.2. The van der Waals surface area contributed by atoms with Gasteiger partial charge in [-0.1, -0.05) is 37.3 Å². The van der Waals surface area contributed by atoms with E-state index in [4.69, 9.17) is 4.74 Å². The Kier molecular flexibility index (Phi) is 8.21. The minimum Gasteiger partial charge on any atom is -0.496 e. The fraction of sp³-hybridized carbons (Fsp3) is 0.391. The Hall–Kier alpha value is -2.86. The smallest absolute Gasteiger partial charge is 0.253 e. The summed E-state index contributed by atoms with van der Waals surface area (Å²) in [6.07, 6.45) is 0. The average molecular weight is 398 g/mol. The van der Waals surface area contributed by atoms with Gasteiger partial charge in [-0.25, -0.2) is 0 Å². The van der Waals surface area contributed by atoms with Gasteiger partial charge in [0, 0.05) is 31.8 Å². The molecule has 0 fully saturated rings. The van der Waals surface area contributed by atoms with Crippen LogP contribution in [0.15, 0.2) is 48.5 Å². The Balaban J connectivity index is 1.95. The molecule has 2 aromatic carbocycles. The van der Waals surface area contributed by atoms with Gasteiger partial charge in [0.2, 0.25) is 5.91 Å². The Bertz CT molecular complexity index is 818. The number of hydrogen-bond acceptors (Lipinski definition) is 4. The van der Waals surface area contributed by atoms with E-state index >= 15 is 0 Å². The highest BCUT2D eigenvalue weighted by atomic mass is 16.5. The zero-order valence-corrected chi connectivity index (χ0v) is 17.9. The lowest BCUT2D eigenvalue weighted by Crippen LogP contribution is -2.38. The first-order valence-electron chi connectivity index (χ1n) is 9.80. The molecule has 1 unspecified atom stereocenters. The molecule has 0 saturated heterocycles. The van der Waals surface area contributed by atoms with Gasteiger partial charge in [-0.3, -0.25) is 14.5 Å². The predicted molar refractivity (Wildman–Crippen MR) is 115 cm³/mol. The van der Waals surface area contributed by atoms with Crippen LogP contribution >= 0.6 is 0 Å². The lowest BCUT2D eigenvalue weighted by molar-refractivity contribution is -0.123. The molecule has 0 spiro atoms. The molecule has 2 amide bonds. The van der Waals surface area contributed by atoms with Gasteiger partial charge in [0.1, 0.15) is 5.75 Å². The Morgan fingerprint density at radius 1 is 1.07 bits per heavy atom. The van der Waals surface area contributed by atoms with Gasteiger partial charge in [-0.2, -0.15) is 0 Å². The number of methoxy groups -OCH3 is 1. The van der Waals surface area contributed by atoms with Gasteiger partial charge in [0.15, 0.2) is 0 Å². The van der Waals surface area contributed by atoms with Crippen molar-refractivity contribution in [3.8, 4) is 5.75 Å². The first kappa shape index (κ1) is 22.4. The Morgan fingerprint density at radius 3 is 2.31 bits per heavy atom. The summed E-state index contributed by atoms with van der Waals surface area (Å²) >= 11 is 0. The quantitative estimate of drug-likeness (QED) is 0.706. The molecule has 0 aliphatic rings. The second kappa shape index (κ2) is 10.6. The van der Waals surface area contributed by atoms with Crippen LogP contribution in [-0.4, -0.2) is 55.9 Å². The molecule has 0 aliphatic carbocycles. The normalized spacial score (nSPS) is 11.8. The standard InChI is InChI=1S/C23H31N3O3/c1-6-26(15-18-11-13-19(14-12-18)23(28)25(3)4)16-22(27)24-17(2)20-9-7-8-10-21(20)29-5/h7-14,17H,6,15-16H2,1-5H3,(H,24,27). The van der Waals surface area contributed by atoms with E-state index in [-0.39, 0.29) is 17.9 Å². The highest BCUT2D eigenvalue weighted by molar-refractivity contribution is 5.93. The summed E-state index contributed by atoms with van der Waals surface area (Å²) in [5, 5.41) is 3.05. The van der Waals surface area contributed by atoms with Gasteiger partial charge in [0.05, 0.1) is 19.7 Å². The van der Waals surface area contributed by atoms with Crippen molar-refractivity contribution in [1.29, 1.82) is 0 Å². The minimum absolute atomic E-state index is 0.0198. The predicted octanol–water partition coefficient (Wildman–Crippen LogP) is 3.10. The summed E-state index contributed by atoms with van der Waals surface area (Å²) in [6, 6.07) is 15.1. The first-order chi connectivity index (χ1) is 13.8.